The molecule has 24 heavy (non-hydrogen) atoms. The summed E-state index contributed by atoms with van der Waals surface area (Å²) in [5, 5.41) is 0.738. The number of amides is 1. The van der Waals surface area contributed by atoms with E-state index in [1.807, 2.05) is 0 Å². The van der Waals surface area contributed by atoms with Crippen LogP contribution in [0.3, 0.4) is 0 Å². The topological polar surface area (TPSA) is 65.5 Å². The molecule has 0 saturated carbocycles. The molecule has 1 aromatic heterocycles. The van der Waals surface area contributed by atoms with Crippen molar-refractivity contribution < 1.29 is 27.1 Å². The first kappa shape index (κ1) is 15.9. The molecule has 1 amide bonds. The highest BCUT2D eigenvalue weighted by Crippen LogP contribution is 2.29. The fourth-order valence-electron chi connectivity index (χ4n) is 2.49. The number of carbonyl (C=O) groups is 1. The highest BCUT2D eigenvalue weighted by molar-refractivity contribution is 5.98. The number of halogens is 3. The van der Waals surface area contributed by atoms with Gasteiger partial charge in [-0.3, -0.25) is 4.79 Å². The summed E-state index contributed by atoms with van der Waals surface area (Å²) in [5.74, 6) is -0.955. The van der Waals surface area contributed by atoms with Crippen LogP contribution in [0.1, 0.15) is 21.7 Å². The Balaban J connectivity index is 1.92. The molecule has 0 bridgehead atoms. The second kappa shape index (κ2) is 5.92. The zero-order valence-corrected chi connectivity index (χ0v) is 12.3. The van der Waals surface area contributed by atoms with Crippen LogP contribution >= 0.6 is 0 Å². The Morgan fingerprint density at radius 2 is 1.75 bits per heavy atom. The lowest BCUT2D eigenvalue weighted by atomic mass is 10.0. The van der Waals surface area contributed by atoms with Crippen molar-refractivity contribution in [3.05, 3.63) is 65.4 Å². The van der Waals surface area contributed by atoms with Crippen molar-refractivity contribution >= 4 is 16.9 Å². The minimum Gasteiger partial charge on any atom is -0.451 e. The summed E-state index contributed by atoms with van der Waals surface area (Å²) in [6.45, 7) is 0. The number of hydrogen-bond acceptors (Lipinski definition) is 3. The van der Waals surface area contributed by atoms with Gasteiger partial charge in [0.1, 0.15) is 11.3 Å². The number of para-hydroxylation sites is 1. The van der Waals surface area contributed by atoms with Crippen LogP contribution in [0.4, 0.5) is 13.2 Å². The SMILES string of the molecule is NC(=O)c1oc2ccccc2c1Cc1ccc(OC(F)(F)F)cc1. The molecule has 0 aliphatic carbocycles. The van der Waals surface area contributed by atoms with E-state index in [9.17, 15) is 18.0 Å². The van der Waals surface area contributed by atoms with E-state index < -0.39 is 12.3 Å². The predicted octanol–water partition coefficient (Wildman–Crippen LogP) is 4.02. The van der Waals surface area contributed by atoms with Gasteiger partial charge >= 0.3 is 6.36 Å². The third-order valence-electron chi connectivity index (χ3n) is 3.46. The Hall–Kier alpha value is -2.96. The molecule has 0 unspecified atom stereocenters. The number of primary amides is 1. The molecule has 2 aromatic carbocycles. The van der Waals surface area contributed by atoms with Gasteiger partial charge < -0.3 is 14.9 Å². The number of carbonyl (C=O) groups excluding carboxylic acids is 1. The molecule has 3 rings (SSSR count). The minimum absolute atomic E-state index is 0.0480. The Morgan fingerprint density at radius 1 is 1.08 bits per heavy atom. The van der Waals surface area contributed by atoms with Crippen LogP contribution < -0.4 is 10.5 Å². The third kappa shape index (κ3) is 3.34. The van der Waals surface area contributed by atoms with Crippen molar-refractivity contribution in [3.63, 3.8) is 0 Å². The Bertz CT molecular complexity index is 882. The molecule has 2 N–H and O–H groups in total. The van der Waals surface area contributed by atoms with E-state index in [2.05, 4.69) is 4.74 Å². The first-order valence-corrected chi connectivity index (χ1v) is 6.98. The van der Waals surface area contributed by atoms with E-state index >= 15 is 0 Å². The zero-order valence-electron chi connectivity index (χ0n) is 12.3. The lowest BCUT2D eigenvalue weighted by molar-refractivity contribution is -0.274. The zero-order chi connectivity index (χ0) is 17.3. The van der Waals surface area contributed by atoms with Gasteiger partial charge in [0.25, 0.3) is 5.91 Å². The lowest BCUT2D eigenvalue weighted by Crippen LogP contribution is -2.17. The average molecular weight is 335 g/mol. The largest absolute Gasteiger partial charge is 0.573 e. The van der Waals surface area contributed by atoms with Crippen molar-refractivity contribution in [2.75, 3.05) is 0 Å². The standard InChI is InChI=1S/C17H12F3NO3/c18-17(19,20)24-11-7-5-10(6-8-11)9-13-12-3-1-2-4-14(12)23-15(13)16(21)22/h1-8H,9H2,(H2,21,22). The summed E-state index contributed by atoms with van der Waals surface area (Å²) in [5.41, 5.74) is 7.17. The fraction of sp³-hybridized carbons (Fsp3) is 0.118. The van der Waals surface area contributed by atoms with Gasteiger partial charge in [0, 0.05) is 17.4 Å². The molecule has 0 fully saturated rings. The first-order chi connectivity index (χ1) is 11.3. The van der Waals surface area contributed by atoms with E-state index in [0.717, 1.165) is 5.39 Å². The summed E-state index contributed by atoms with van der Waals surface area (Å²) in [6, 6.07) is 12.5. The summed E-state index contributed by atoms with van der Waals surface area (Å²) in [6.07, 6.45) is -4.44. The molecular weight excluding hydrogens is 323 g/mol. The molecule has 0 atom stereocenters. The van der Waals surface area contributed by atoms with Crippen LogP contribution in [0, 0.1) is 0 Å². The number of rotatable bonds is 4. The third-order valence-corrected chi connectivity index (χ3v) is 3.46. The number of benzene rings is 2. The van der Waals surface area contributed by atoms with E-state index in [-0.39, 0.29) is 11.5 Å². The number of fused-ring (bicyclic) bond motifs is 1. The number of nitrogens with two attached hydrogens (primary N) is 1. The average Bonchev–Trinajstić information content (AvgIpc) is 2.87. The van der Waals surface area contributed by atoms with Gasteiger partial charge in [0.05, 0.1) is 0 Å². The molecule has 0 aliphatic rings. The van der Waals surface area contributed by atoms with E-state index in [4.69, 9.17) is 10.2 Å². The normalized spacial score (nSPS) is 11.6. The molecule has 0 saturated heterocycles. The van der Waals surface area contributed by atoms with Gasteiger partial charge in [0.2, 0.25) is 0 Å². The molecular formula is C17H12F3NO3. The monoisotopic (exact) mass is 335 g/mol. The maximum absolute atomic E-state index is 12.2. The summed E-state index contributed by atoms with van der Waals surface area (Å²) in [7, 11) is 0. The predicted molar refractivity (Wildman–Crippen MR) is 80.7 cm³/mol. The Morgan fingerprint density at radius 3 is 2.38 bits per heavy atom. The second-order valence-corrected chi connectivity index (χ2v) is 5.14. The van der Waals surface area contributed by atoms with Crippen molar-refractivity contribution in [1.82, 2.24) is 0 Å². The molecule has 3 aromatic rings. The van der Waals surface area contributed by atoms with Crippen LogP contribution in [0.2, 0.25) is 0 Å². The van der Waals surface area contributed by atoms with Gasteiger partial charge in [-0.1, -0.05) is 30.3 Å². The van der Waals surface area contributed by atoms with E-state index in [1.54, 1.807) is 24.3 Å². The minimum atomic E-state index is -4.73. The van der Waals surface area contributed by atoms with Gasteiger partial charge in [-0.15, -0.1) is 13.2 Å². The molecule has 4 nitrogen and oxygen atoms in total. The molecule has 7 heteroatoms. The quantitative estimate of drug-likeness (QED) is 0.783. The first-order valence-electron chi connectivity index (χ1n) is 6.98. The summed E-state index contributed by atoms with van der Waals surface area (Å²) < 4.78 is 45.8. The number of hydrogen-bond donors (Lipinski definition) is 1. The molecule has 0 radical (unpaired) electrons. The van der Waals surface area contributed by atoms with Gasteiger partial charge in [-0.25, -0.2) is 0 Å². The van der Waals surface area contributed by atoms with Crippen molar-refractivity contribution in [3.8, 4) is 5.75 Å². The molecule has 0 spiro atoms. The maximum Gasteiger partial charge on any atom is 0.573 e. The molecule has 124 valence electrons. The lowest BCUT2D eigenvalue weighted by Gasteiger charge is -2.09. The van der Waals surface area contributed by atoms with Gasteiger partial charge in [-0.2, -0.15) is 0 Å². The molecule has 0 aliphatic heterocycles. The van der Waals surface area contributed by atoms with Crippen molar-refractivity contribution in [2.45, 2.75) is 12.8 Å². The maximum atomic E-state index is 12.2. The summed E-state index contributed by atoms with van der Waals surface area (Å²) >= 11 is 0. The van der Waals surface area contributed by atoms with Crippen molar-refractivity contribution in [1.29, 1.82) is 0 Å². The number of alkyl halides is 3. The Kier molecular flexibility index (Phi) is 3.92. The smallest absolute Gasteiger partial charge is 0.451 e. The van der Waals surface area contributed by atoms with Crippen LogP contribution in [-0.4, -0.2) is 12.3 Å². The number of ether oxygens (including phenoxy) is 1. The highest BCUT2D eigenvalue weighted by atomic mass is 19.4. The fourth-order valence-corrected chi connectivity index (χ4v) is 2.49. The van der Waals surface area contributed by atoms with Crippen LogP contribution in [-0.2, 0) is 6.42 Å². The van der Waals surface area contributed by atoms with Crippen LogP contribution in [0.5, 0.6) is 5.75 Å². The van der Waals surface area contributed by atoms with Crippen LogP contribution in [0.15, 0.2) is 52.9 Å². The van der Waals surface area contributed by atoms with E-state index in [1.165, 1.54) is 24.3 Å². The number of furan rings is 1. The van der Waals surface area contributed by atoms with E-state index in [0.29, 0.717) is 23.1 Å². The molecule has 1 heterocycles. The van der Waals surface area contributed by atoms with Crippen molar-refractivity contribution in [2.24, 2.45) is 5.73 Å². The van der Waals surface area contributed by atoms with Crippen LogP contribution in [0.25, 0.3) is 11.0 Å². The second-order valence-electron chi connectivity index (χ2n) is 5.14. The highest BCUT2D eigenvalue weighted by Gasteiger charge is 2.31. The van der Waals surface area contributed by atoms with Gasteiger partial charge in [-0.05, 0) is 23.8 Å². The summed E-state index contributed by atoms with van der Waals surface area (Å²) in [4.78, 5) is 11.6. The van der Waals surface area contributed by atoms with Gasteiger partial charge in [0.15, 0.2) is 5.76 Å². The Labute approximate surface area is 134 Å².